The van der Waals surface area contributed by atoms with Crippen LogP contribution < -0.4 is 5.32 Å². The van der Waals surface area contributed by atoms with Crippen molar-refractivity contribution in [2.24, 2.45) is 7.05 Å². The number of halogens is 1. The first-order chi connectivity index (χ1) is 9.20. The number of aromatic nitrogens is 3. The molecule has 0 amide bonds. The summed E-state index contributed by atoms with van der Waals surface area (Å²) in [7, 11) is 1.92. The predicted octanol–water partition coefficient (Wildman–Crippen LogP) is 2.91. The van der Waals surface area contributed by atoms with Gasteiger partial charge in [-0.05, 0) is 30.8 Å². The molecular weight excluding hydrogens is 280 g/mol. The molecule has 0 bridgehead atoms. The number of rotatable bonds is 6. The third kappa shape index (κ3) is 3.96. The molecule has 1 aromatic carbocycles. The van der Waals surface area contributed by atoms with Crippen molar-refractivity contribution in [2.75, 3.05) is 12.3 Å². The first-order valence-corrected chi connectivity index (χ1v) is 7.53. The summed E-state index contributed by atoms with van der Waals surface area (Å²) in [5.74, 6) is 0.927. The van der Waals surface area contributed by atoms with Gasteiger partial charge in [-0.3, -0.25) is 4.68 Å². The molecule has 1 heterocycles. The fraction of sp³-hybridized carbons (Fsp3) is 0.385. The average molecular weight is 297 g/mol. The molecule has 2 aromatic rings. The van der Waals surface area contributed by atoms with Crippen LogP contribution in [0.25, 0.3) is 0 Å². The van der Waals surface area contributed by atoms with Crippen molar-refractivity contribution in [3.8, 4) is 0 Å². The Labute approximate surface area is 122 Å². The van der Waals surface area contributed by atoms with Crippen molar-refractivity contribution in [2.45, 2.75) is 17.9 Å². The molecule has 6 heteroatoms. The Kier molecular flexibility index (Phi) is 5.24. The van der Waals surface area contributed by atoms with Gasteiger partial charge in [0.2, 0.25) is 0 Å². The van der Waals surface area contributed by atoms with E-state index in [9.17, 15) is 0 Å². The van der Waals surface area contributed by atoms with Crippen LogP contribution in [0.15, 0.2) is 35.4 Å². The summed E-state index contributed by atoms with van der Waals surface area (Å²) in [5.41, 5.74) is 1.10. The van der Waals surface area contributed by atoms with E-state index in [2.05, 4.69) is 22.6 Å². The van der Waals surface area contributed by atoms with Crippen molar-refractivity contribution < 1.29 is 0 Å². The van der Waals surface area contributed by atoms with Crippen molar-refractivity contribution in [1.29, 1.82) is 0 Å². The van der Waals surface area contributed by atoms with Crippen LogP contribution in [-0.2, 0) is 7.05 Å². The van der Waals surface area contributed by atoms with E-state index in [1.807, 2.05) is 42.2 Å². The molecule has 0 fully saturated rings. The maximum absolute atomic E-state index is 5.88. The highest BCUT2D eigenvalue weighted by molar-refractivity contribution is 7.99. The Hall–Kier alpha value is -1.04. The van der Waals surface area contributed by atoms with E-state index in [4.69, 9.17) is 11.6 Å². The van der Waals surface area contributed by atoms with Gasteiger partial charge in [-0.15, -0.1) is 16.9 Å². The fourth-order valence-corrected chi connectivity index (χ4v) is 2.92. The van der Waals surface area contributed by atoms with Crippen molar-refractivity contribution in [1.82, 2.24) is 20.3 Å². The number of hydrogen-bond acceptors (Lipinski definition) is 4. The van der Waals surface area contributed by atoms with Crippen LogP contribution in [0.2, 0.25) is 5.02 Å². The number of thioether (sulfide) groups is 1. The molecule has 0 radical (unpaired) electrons. The summed E-state index contributed by atoms with van der Waals surface area (Å²) in [6.45, 7) is 3.01. The van der Waals surface area contributed by atoms with E-state index < -0.39 is 0 Å². The zero-order valence-electron chi connectivity index (χ0n) is 11.0. The minimum Gasteiger partial charge on any atom is -0.308 e. The Bertz CT molecular complexity index is 512. The summed E-state index contributed by atoms with van der Waals surface area (Å²) in [6.07, 6.45) is 1.82. The van der Waals surface area contributed by atoms with Gasteiger partial charge in [-0.2, -0.15) is 0 Å². The SMILES string of the molecule is CCNC(CSc1ccc(Cl)cc1)c1cnnn1C. The number of hydrogen-bond donors (Lipinski definition) is 1. The second-order valence-electron chi connectivity index (χ2n) is 4.16. The Balaban J connectivity index is 2.01. The zero-order valence-corrected chi connectivity index (χ0v) is 12.6. The van der Waals surface area contributed by atoms with Gasteiger partial charge in [0.05, 0.1) is 17.9 Å². The van der Waals surface area contributed by atoms with E-state index in [1.165, 1.54) is 4.90 Å². The van der Waals surface area contributed by atoms with Crippen LogP contribution in [-0.4, -0.2) is 27.3 Å². The molecule has 102 valence electrons. The Morgan fingerprint density at radius 3 is 2.68 bits per heavy atom. The maximum atomic E-state index is 5.88. The highest BCUT2D eigenvalue weighted by Crippen LogP contribution is 2.25. The number of nitrogens with zero attached hydrogens (tertiary/aromatic N) is 3. The normalized spacial score (nSPS) is 12.6. The third-order valence-corrected chi connectivity index (χ3v) is 4.14. The highest BCUT2D eigenvalue weighted by Gasteiger charge is 2.14. The van der Waals surface area contributed by atoms with Gasteiger partial charge in [-0.25, -0.2) is 0 Å². The summed E-state index contributed by atoms with van der Waals surface area (Å²) >= 11 is 7.68. The lowest BCUT2D eigenvalue weighted by molar-refractivity contribution is 0.549. The molecule has 1 unspecified atom stereocenters. The predicted molar refractivity (Wildman–Crippen MR) is 79.6 cm³/mol. The van der Waals surface area contributed by atoms with E-state index in [-0.39, 0.29) is 6.04 Å². The highest BCUT2D eigenvalue weighted by atomic mass is 35.5. The Morgan fingerprint density at radius 1 is 1.37 bits per heavy atom. The topological polar surface area (TPSA) is 42.7 Å². The van der Waals surface area contributed by atoms with Gasteiger partial charge in [0.1, 0.15) is 0 Å². The second-order valence-corrected chi connectivity index (χ2v) is 5.69. The first kappa shape index (κ1) is 14.4. The van der Waals surface area contributed by atoms with Crippen LogP contribution in [0.5, 0.6) is 0 Å². The van der Waals surface area contributed by atoms with Crippen LogP contribution in [0.1, 0.15) is 18.7 Å². The Morgan fingerprint density at radius 2 is 2.11 bits per heavy atom. The molecule has 0 spiro atoms. The molecule has 1 N–H and O–H groups in total. The monoisotopic (exact) mass is 296 g/mol. The van der Waals surface area contributed by atoms with E-state index >= 15 is 0 Å². The van der Waals surface area contributed by atoms with Crippen LogP contribution in [0, 0.1) is 0 Å². The number of nitrogens with one attached hydrogen (secondary N) is 1. The molecule has 2 rings (SSSR count). The lowest BCUT2D eigenvalue weighted by atomic mass is 10.2. The first-order valence-electron chi connectivity index (χ1n) is 6.17. The van der Waals surface area contributed by atoms with Crippen molar-refractivity contribution >= 4 is 23.4 Å². The van der Waals surface area contributed by atoms with Gasteiger partial charge in [-0.1, -0.05) is 23.7 Å². The molecule has 0 aliphatic rings. The maximum Gasteiger partial charge on any atom is 0.0761 e. The molecule has 19 heavy (non-hydrogen) atoms. The van der Waals surface area contributed by atoms with Crippen LogP contribution in [0.4, 0.5) is 0 Å². The zero-order chi connectivity index (χ0) is 13.7. The molecule has 0 saturated carbocycles. The molecular formula is C13H17ClN4S. The molecule has 1 atom stereocenters. The van der Waals surface area contributed by atoms with Crippen molar-refractivity contribution in [3.63, 3.8) is 0 Å². The van der Waals surface area contributed by atoms with E-state index in [1.54, 1.807) is 11.8 Å². The molecule has 0 aliphatic heterocycles. The summed E-state index contributed by atoms with van der Waals surface area (Å²) < 4.78 is 1.82. The van der Waals surface area contributed by atoms with Crippen molar-refractivity contribution in [3.05, 3.63) is 41.2 Å². The third-order valence-electron chi connectivity index (χ3n) is 2.79. The van der Waals surface area contributed by atoms with Gasteiger partial charge in [0.15, 0.2) is 0 Å². The average Bonchev–Trinajstić information content (AvgIpc) is 2.83. The number of benzene rings is 1. The van der Waals surface area contributed by atoms with E-state index in [0.717, 1.165) is 23.0 Å². The van der Waals surface area contributed by atoms with Crippen LogP contribution >= 0.6 is 23.4 Å². The summed E-state index contributed by atoms with van der Waals surface area (Å²) in [6, 6.07) is 8.15. The minimum absolute atomic E-state index is 0.241. The van der Waals surface area contributed by atoms with Gasteiger partial charge < -0.3 is 5.32 Å². The quantitative estimate of drug-likeness (QED) is 0.832. The standard InChI is InChI=1S/C13H17ClN4S/c1-3-15-12(13-8-16-17-18(13)2)9-19-11-6-4-10(14)5-7-11/h4-8,12,15H,3,9H2,1-2H3. The number of aryl methyl sites for hydroxylation is 1. The molecule has 4 nitrogen and oxygen atoms in total. The smallest absolute Gasteiger partial charge is 0.0761 e. The molecule has 0 aliphatic carbocycles. The largest absolute Gasteiger partial charge is 0.308 e. The van der Waals surface area contributed by atoms with Gasteiger partial charge >= 0.3 is 0 Å². The lowest BCUT2D eigenvalue weighted by Crippen LogP contribution is -2.25. The fourth-order valence-electron chi connectivity index (χ4n) is 1.82. The minimum atomic E-state index is 0.241. The lowest BCUT2D eigenvalue weighted by Gasteiger charge is -2.17. The molecule has 1 aromatic heterocycles. The molecule has 0 saturated heterocycles. The van der Waals surface area contributed by atoms with E-state index in [0.29, 0.717) is 0 Å². The van der Waals surface area contributed by atoms with Gasteiger partial charge in [0.25, 0.3) is 0 Å². The summed E-state index contributed by atoms with van der Waals surface area (Å²) in [5, 5.41) is 12.2. The summed E-state index contributed by atoms with van der Waals surface area (Å²) in [4.78, 5) is 1.21. The van der Waals surface area contributed by atoms with Crippen LogP contribution in [0.3, 0.4) is 0 Å². The van der Waals surface area contributed by atoms with Gasteiger partial charge in [0, 0.05) is 22.7 Å². The second kappa shape index (κ2) is 6.93.